The molecular formula is C31H38FN3O6. The third kappa shape index (κ3) is 6.11. The van der Waals surface area contributed by atoms with Crippen LogP contribution in [0.1, 0.15) is 70.4 Å². The quantitative estimate of drug-likeness (QED) is 0.458. The fraction of sp³-hybridized carbons (Fsp3) is 0.516. The SMILES string of the molecule is CCOC(=O)C[C@@H]1CC2(CCN(C(=O)Nc3ccc4c(c3)OCCN4C(=O)OC(C)(C)C)CC2)c2cc(F)ccc21. The third-order valence-corrected chi connectivity index (χ3v) is 8.08. The highest BCUT2D eigenvalue weighted by atomic mass is 19.1. The average molecular weight is 568 g/mol. The van der Waals surface area contributed by atoms with E-state index < -0.39 is 11.7 Å². The Labute approximate surface area is 239 Å². The van der Waals surface area contributed by atoms with E-state index in [4.69, 9.17) is 14.2 Å². The van der Waals surface area contributed by atoms with Crippen molar-refractivity contribution in [3.8, 4) is 5.75 Å². The fourth-order valence-electron chi connectivity index (χ4n) is 6.26. The first kappa shape index (κ1) is 28.7. The van der Waals surface area contributed by atoms with Crippen LogP contribution in [0.25, 0.3) is 0 Å². The van der Waals surface area contributed by atoms with Gasteiger partial charge in [-0.05, 0) is 93.7 Å². The molecule has 3 amide bonds. The number of rotatable bonds is 4. The molecule has 9 nitrogen and oxygen atoms in total. The number of hydrogen-bond donors (Lipinski definition) is 1. The number of nitrogens with zero attached hydrogens (tertiary/aromatic N) is 2. The first-order chi connectivity index (χ1) is 19.5. The highest BCUT2D eigenvalue weighted by molar-refractivity contribution is 5.93. The molecule has 1 saturated heterocycles. The Morgan fingerprint density at radius 2 is 1.85 bits per heavy atom. The first-order valence-electron chi connectivity index (χ1n) is 14.3. The van der Waals surface area contributed by atoms with Gasteiger partial charge in [-0.15, -0.1) is 0 Å². The molecule has 5 rings (SSSR count). The zero-order valence-electron chi connectivity index (χ0n) is 24.1. The number of amides is 3. The highest BCUT2D eigenvalue weighted by Gasteiger charge is 2.46. The fourth-order valence-corrected chi connectivity index (χ4v) is 6.26. The number of piperidine rings is 1. The minimum absolute atomic E-state index is 0.0271. The number of anilines is 2. The maximum atomic E-state index is 14.3. The van der Waals surface area contributed by atoms with Crippen molar-refractivity contribution in [3.63, 3.8) is 0 Å². The molecule has 2 heterocycles. The van der Waals surface area contributed by atoms with Gasteiger partial charge in [-0.2, -0.15) is 0 Å². The normalized spacial score (nSPS) is 19.2. The molecule has 41 heavy (non-hydrogen) atoms. The van der Waals surface area contributed by atoms with Crippen molar-refractivity contribution in [1.29, 1.82) is 0 Å². The number of ether oxygens (including phenoxy) is 3. The molecule has 1 N–H and O–H groups in total. The summed E-state index contributed by atoms with van der Waals surface area (Å²) in [7, 11) is 0. The van der Waals surface area contributed by atoms with Gasteiger partial charge in [-0.25, -0.2) is 14.0 Å². The van der Waals surface area contributed by atoms with Crippen molar-refractivity contribution in [1.82, 2.24) is 4.90 Å². The number of urea groups is 1. The summed E-state index contributed by atoms with van der Waals surface area (Å²) in [6.07, 6.45) is 1.91. The van der Waals surface area contributed by atoms with E-state index in [2.05, 4.69) is 5.32 Å². The van der Waals surface area contributed by atoms with Crippen LogP contribution in [0.3, 0.4) is 0 Å². The molecule has 0 saturated carbocycles. The number of hydrogen-bond acceptors (Lipinski definition) is 6. The second-order valence-electron chi connectivity index (χ2n) is 12.0. The maximum absolute atomic E-state index is 14.3. The van der Waals surface area contributed by atoms with E-state index in [-0.39, 0.29) is 35.6 Å². The summed E-state index contributed by atoms with van der Waals surface area (Å²) < 4.78 is 30.8. The van der Waals surface area contributed by atoms with Crippen LogP contribution in [-0.2, 0) is 19.7 Å². The highest BCUT2D eigenvalue weighted by Crippen LogP contribution is 2.53. The first-order valence-corrected chi connectivity index (χ1v) is 14.3. The van der Waals surface area contributed by atoms with Gasteiger partial charge in [0.2, 0.25) is 0 Å². The number of halogens is 1. The van der Waals surface area contributed by atoms with Crippen LogP contribution >= 0.6 is 0 Å². The molecule has 3 aliphatic rings. The summed E-state index contributed by atoms with van der Waals surface area (Å²) >= 11 is 0. The van der Waals surface area contributed by atoms with E-state index in [1.54, 1.807) is 42.2 Å². The molecular weight excluding hydrogens is 529 g/mol. The number of benzene rings is 2. The molecule has 1 fully saturated rings. The zero-order chi connectivity index (χ0) is 29.4. The summed E-state index contributed by atoms with van der Waals surface area (Å²) in [5, 5.41) is 2.95. The lowest BCUT2D eigenvalue weighted by molar-refractivity contribution is -0.143. The molecule has 1 spiro atoms. The molecule has 220 valence electrons. The predicted octanol–water partition coefficient (Wildman–Crippen LogP) is 5.97. The number of carbonyl (C=O) groups excluding carboxylic acids is 3. The van der Waals surface area contributed by atoms with E-state index in [0.717, 1.165) is 17.5 Å². The van der Waals surface area contributed by atoms with Gasteiger partial charge in [0.25, 0.3) is 0 Å². The second-order valence-corrected chi connectivity index (χ2v) is 12.0. The molecule has 2 aromatic rings. The van der Waals surface area contributed by atoms with E-state index >= 15 is 0 Å². The molecule has 0 bridgehead atoms. The summed E-state index contributed by atoms with van der Waals surface area (Å²) in [5.74, 6) is -0.0691. The van der Waals surface area contributed by atoms with Crippen LogP contribution in [0.2, 0.25) is 0 Å². The van der Waals surface area contributed by atoms with E-state index in [0.29, 0.717) is 62.8 Å². The lowest BCUT2D eigenvalue weighted by Gasteiger charge is -2.40. The van der Waals surface area contributed by atoms with Gasteiger partial charge in [0.1, 0.15) is 23.8 Å². The van der Waals surface area contributed by atoms with Gasteiger partial charge in [-0.3, -0.25) is 9.69 Å². The maximum Gasteiger partial charge on any atom is 0.415 e. The number of likely N-dealkylation sites (tertiary alicyclic amines) is 1. The Bertz CT molecular complexity index is 1330. The molecule has 10 heteroatoms. The Hall–Kier alpha value is -3.82. The van der Waals surface area contributed by atoms with Gasteiger partial charge < -0.3 is 24.4 Å². The summed E-state index contributed by atoms with van der Waals surface area (Å²) in [6.45, 7) is 9.26. The van der Waals surface area contributed by atoms with Crippen molar-refractivity contribution in [2.24, 2.45) is 0 Å². The topological polar surface area (TPSA) is 97.4 Å². The van der Waals surface area contributed by atoms with E-state index in [1.807, 2.05) is 20.8 Å². The Morgan fingerprint density at radius 1 is 1.10 bits per heavy atom. The van der Waals surface area contributed by atoms with Crippen molar-refractivity contribution >= 4 is 29.5 Å². The molecule has 1 aliphatic carbocycles. The van der Waals surface area contributed by atoms with Crippen molar-refractivity contribution in [2.45, 2.75) is 70.3 Å². The van der Waals surface area contributed by atoms with Crippen LogP contribution in [-0.4, -0.2) is 61.4 Å². The zero-order valence-corrected chi connectivity index (χ0v) is 24.1. The third-order valence-electron chi connectivity index (χ3n) is 8.08. The number of esters is 1. The number of carbonyl (C=O) groups is 3. The summed E-state index contributed by atoms with van der Waals surface area (Å²) in [4.78, 5) is 41.5. The molecule has 2 aliphatic heterocycles. The van der Waals surface area contributed by atoms with Crippen LogP contribution in [0.5, 0.6) is 5.75 Å². The Kier molecular flexibility index (Phi) is 7.85. The Morgan fingerprint density at radius 3 is 2.56 bits per heavy atom. The van der Waals surface area contributed by atoms with Gasteiger partial charge >= 0.3 is 18.1 Å². The molecule has 0 aromatic heterocycles. The van der Waals surface area contributed by atoms with Gasteiger partial charge in [0, 0.05) is 24.8 Å². The van der Waals surface area contributed by atoms with Crippen LogP contribution in [0.4, 0.5) is 25.4 Å². The summed E-state index contributed by atoms with van der Waals surface area (Å²) in [6, 6.07) is 9.81. The average Bonchev–Trinajstić information content (AvgIpc) is 3.19. The monoisotopic (exact) mass is 567 g/mol. The smallest absolute Gasteiger partial charge is 0.415 e. The minimum Gasteiger partial charge on any atom is -0.489 e. The van der Waals surface area contributed by atoms with Crippen molar-refractivity contribution in [3.05, 3.63) is 53.3 Å². The van der Waals surface area contributed by atoms with Crippen LogP contribution < -0.4 is 15.0 Å². The standard InChI is InChI=1S/C31H38FN3O6/c1-5-39-27(36)16-20-19-31(24-17-21(32)6-8-23(20)24)10-12-34(13-11-31)28(37)33-22-7-9-25-26(18-22)40-15-14-35(25)29(38)41-30(2,3)4/h6-9,17-18,20H,5,10-16,19H2,1-4H3,(H,33,37)/t20-/m1/s1. The van der Waals surface area contributed by atoms with E-state index in [9.17, 15) is 18.8 Å². The minimum atomic E-state index is -0.618. The lowest BCUT2D eigenvalue weighted by atomic mass is 9.73. The van der Waals surface area contributed by atoms with Gasteiger partial charge in [0.15, 0.2) is 0 Å². The summed E-state index contributed by atoms with van der Waals surface area (Å²) in [5.41, 5.74) is 2.21. The molecule has 2 aromatic carbocycles. The van der Waals surface area contributed by atoms with Crippen molar-refractivity contribution in [2.75, 3.05) is 43.1 Å². The van der Waals surface area contributed by atoms with E-state index in [1.165, 1.54) is 11.0 Å². The molecule has 1 atom stereocenters. The number of fused-ring (bicyclic) bond motifs is 3. The van der Waals surface area contributed by atoms with Crippen molar-refractivity contribution < 1.29 is 33.0 Å². The molecule has 0 unspecified atom stereocenters. The lowest BCUT2D eigenvalue weighted by Crippen LogP contribution is -2.46. The largest absolute Gasteiger partial charge is 0.489 e. The predicted molar refractivity (Wildman–Crippen MR) is 152 cm³/mol. The van der Waals surface area contributed by atoms with Gasteiger partial charge in [0.05, 0.1) is 25.3 Å². The second kappa shape index (κ2) is 11.2. The van der Waals surface area contributed by atoms with Gasteiger partial charge in [-0.1, -0.05) is 6.07 Å². The number of nitrogens with one attached hydrogen (secondary N) is 1. The van der Waals surface area contributed by atoms with Crippen LogP contribution in [0, 0.1) is 5.82 Å². The van der Waals surface area contributed by atoms with Crippen LogP contribution in [0.15, 0.2) is 36.4 Å². The Balaban J connectivity index is 1.24. The molecule has 0 radical (unpaired) electrons.